The van der Waals surface area contributed by atoms with Gasteiger partial charge in [-0.15, -0.1) is 0 Å². The normalized spacial score (nSPS) is 11.6. The molecule has 0 aliphatic heterocycles. The second kappa shape index (κ2) is 16.0. The maximum absolute atomic E-state index is 6.39. The molecule has 0 radical (unpaired) electrons. The Hall–Kier alpha value is -8.92. The van der Waals surface area contributed by atoms with Crippen LogP contribution >= 0.6 is 0 Å². The predicted octanol–water partition coefficient (Wildman–Crippen LogP) is 18.0. The molecule has 0 spiro atoms. The van der Waals surface area contributed by atoms with Gasteiger partial charge in [-0.3, -0.25) is 0 Å². The van der Waals surface area contributed by atoms with Crippen LogP contribution in [0, 0.1) is 0 Å². The SMILES string of the molecule is c1cc(-c2ccc(N(c3ccc(-c4ccc5ccccc5c4)cc3)c3ccccc3-c3cccc4oc5ccccc5c34)cc2)cc(-c2ccc(-n3c4ccccc4c4ccccc43)cc2)c1. The van der Waals surface area contributed by atoms with E-state index in [9.17, 15) is 0 Å². The van der Waals surface area contributed by atoms with Gasteiger partial charge in [0, 0.05) is 44.2 Å². The van der Waals surface area contributed by atoms with E-state index in [1.165, 1.54) is 60.4 Å². The number of anilines is 3. The van der Waals surface area contributed by atoms with Crippen LogP contribution < -0.4 is 4.90 Å². The molecule has 67 heavy (non-hydrogen) atoms. The number of para-hydroxylation sites is 4. The molecule has 0 unspecified atom stereocenters. The molecule has 0 amide bonds. The first kappa shape index (κ1) is 38.5. The predicted molar refractivity (Wildman–Crippen MR) is 282 cm³/mol. The minimum Gasteiger partial charge on any atom is -0.456 e. The topological polar surface area (TPSA) is 21.3 Å². The third kappa shape index (κ3) is 6.67. The van der Waals surface area contributed by atoms with Crippen LogP contribution in [-0.4, -0.2) is 4.57 Å². The van der Waals surface area contributed by atoms with Gasteiger partial charge in [-0.05, 0) is 129 Å². The summed E-state index contributed by atoms with van der Waals surface area (Å²) in [7, 11) is 0. The van der Waals surface area contributed by atoms with Crippen molar-refractivity contribution in [3.8, 4) is 50.2 Å². The third-order valence-corrected chi connectivity index (χ3v) is 13.4. The van der Waals surface area contributed by atoms with E-state index >= 15 is 0 Å². The molecule has 0 fully saturated rings. The first-order valence-corrected chi connectivity index (χ1v) is 22.9. The van der Waals surface area contributed by atoms with E-state index < -0.39 is 0 Å². The quantitative estimate of drug-likeness (QED) is 0.152. The molecule has 13 aromatic rings. The van der Waals surface area contributed by atoms with Crippen LogP contribution in [-0.2, 0) is 0 Å². The van der Waals surface area contributed by atoms with Gasteiger partial charge in [-0.2, -0.15) is 0 Å². The number of fused-ring (bicyclic) bond motifs is 7. The Morgan fingerprint density at radius 1 is 0.313 bits per heavy atom. The molecule has 0 aliphatic rings. The monoisotopic (exact) mass is 854 g/mol. The molecule has 0 saturated carbocycles. The minimum atomic E-state index is 0.880. The Morgan fingerprint density at radius 3 is 1.49 bits per heavy atom. The van der Waals surface area contributed by atoms with E-state index in [4.69, 9.17) is 4.42 Å². The van der Waals surface area contributed by atoms with E-state index in [0.717, 1.165) is 61.4 Å². The highest BCUT2D eigenvalue weighted by atomic mass is 16.3. The third-order valence-electron chi connectivity index (χ3n) is 13.4. The van der Waals surface area contributed by atoms with Gasteiger partial charge in [0.15, 0.2) is 0 Å². The molecular weight excluding hydrogens is 813 g/mol. The molecule has 11 aromatic carbocycles. The highest BCUT2D eigenvalue weighted by molar-refractivity contribution is 6.14. The zero-order valence-corrected chi connectivity index (χ0v) is 36.6. The van der Waals surface area contributed by atoms with Crippen molar-refractivity contribution in [3.63, 3.8) is 0 Å². The van der Waals surface area contributed by atoms with Gasteiger partial charge in [0.05, 0.1) is 16.7 Å². The van der Waals surface area contributed by atoms with Crippen LogP contribution in [0.1, 0.15) is 0 Å². The molecule has 3 nitrogen and oxygen atoms in total. The molecular formula is C64H42N2O. The Morgan fingerprint density at radius 2 is 0.806 bits per heavy atom. The van der Waals surface area contributed by atoms with Crippen molar-refractivity contribution in [1.29, 1.82) is 0 Å². The van der Waals surface area contributed by atoms with Gasteiger partial charge in [0.25, 0.3) is 0 Å². The average Bonchev–Trinajstić information content (AvgIpc) is 3.96. The Balaban J connectivity index is 0.877. The van der Waals surface area contributed by atoms with Gasteiger partial charge in [0.1, 0.15) is 11.2 Å². The van der Waals surface area contributed by atoms with E-state index in [1.807, 2.05) is 6.07 Å². The number of furan rings is 1. The number of hydrogen-bond acceptors (Lipinski definition) is 2. The fourth-order valence-electron chi connectivity index (χ4n) is 10.2. The second-order valence-corrected chi connectivity index (χ2v) is 17.3. The number of nitrogens with zero attached hydrogens (tertiary/aromatic N) is 2. The van der Waals surface area contributed by atoms with E-state index in [0.29, 0.717) is 0 Å². The molecule has 3 heteroatoms. The van der Waals surface area contributed by atoms with Crippen molar-refractivity contribution in [2.75, 3.05) is 4.90 Å². The lowest BCUT2D eigenvalue weighted by Crippen LogP contribution is -2.11. The maximum Gasteiger partial charge on any atom is 0.136 e. The van der Waals surface area contributed by atoms with Crippen molar-refractivity contribution >= 4 is 71.6 Å². The molecule has 13 rings (SSSR count). The summed E-state index contributed by atoms with van der Waals surface area (Å²) in [5, 5.41) is 7.24. The van der Waals surface area contributed by atoms with E-state index in [2.05, 4.69) is 258 Å². The Bertz CT molecular complexity index is 3920. The number of hydrogen-bond donors (Lipinski definition) is 0. The highest BCUT2D eigenvalue weighted by Crippen LogP contribution is 2.45. The number of benzene rings is 11. The zero-order chi connectivity index (χ0) is 44.3. The van der Waals surface area contributed by atoms with Crippen molar-refractivity contribution in [2.45, 2.75) is 0 Å². The lowest BCUT2D eigenvalue weighted by atomic mass is 9.96. The smallest absolute Gasteiger partial charge is 0.136 e. The standard InChI is InChI=1S/C64H42N2O/c1-2-14-47-42-50(28-27-43(47)13-1)46-31-37-52(38-32-46)65(59-22-7-5-19-56(59)57-21-12-26-63-64(57)58-20-6-10-25-62(58)67-63)51-35-29-44(30-36-51)48-15-11-16-49(41-48)45-33-39-53(40-34-45)66-60-23-8-3-17-54(60)55-18-4-9-24-61(55)66/h1-42H. The molecule has 2 aromatic heterocycles. The zero-order valence-electron chi connectivity index (χ0n) is 36.6. The van der Waals surface area contributed by atoms with Gasteiger partial charge in [-0.25, -0.2) is 0 Å². The summed E-state index contributed by atoms with van der Waals surface area (Å²) in [6.45, 7) is 0. The highest BCUT2D eigenvalue weighted by Gasteiger charge is 2.21. The minimum absolute atomic E-state index is 0.880. The fraction of sp³-hybridized carbons (Fsp3) is 0. The van der Waals surface area contributed by atoms with E-state index in [-0.39, 0.29) is 0 Å². The largest absolute Gasteiger partial charge is 0.456 e. The van der Waals surface area contributed by atoms with Crippen molar-refractivity contribution in [3.05, 3.63) is 255 Å². The van der Waals surface area contributed by atoms with Gasteiger partial charge >= 0.3 is 0 Å². The lowest BCUT2D eigenvalue weighted by Gasteiger charge is -2.28. The molecule has 0 atom stereocenters. The van der Waals surface area contributed by atoms with Gasteiger partial charge in [-0.1, -0.05) is 176 Å². The van der Waals surface area contributed by atoms with Gasteiger partial charge < -0.3 is 13.9 Å². The van der Waals surface area contributed by atoms with Crippen LogP contribution in [0.15, 0.2) is 259 Å². The van der Waals surface area contributed by atoms with Crippen molar-refractivity contribution in [2.24, 2.45) is 0 Å². The molecule has 2 heterocycles. The molecule has 0 bridgehead atoms. The second-order valence-electron chi connectivity index (χ2n) is 17.3. The summed E-state index contributed by atoms with van der Waals surface area (Å²) in [5.41, 5.74) is 17.9. The first-order valence-electron chi connectivity index (χ1n) is 22.9. The summed E-state index contributed by atoms with van der Waals surface area (Å²) < 4.78 is 8.76. The summed E-state index contributed by atoms with van der Waals surface area (Å²) in [6, 6.07) is 91.9. The first-order chi connectivity index (χ1) is 33.2. The lowest BCUT2D eigenvalue weighted by molar-refractivity contribution is 0.669. The molecule has 314 valence electrons. The fourth-order valence-corrected chi connectivity index (χ4v) is 10.2. The Labute approximate surface area is 388 Å². The van der Waals surface area contributed by atoms with Crippen molar-refractivity contribution in [1.82, 2.24) is 4.57 Å². The Kier molecular flexibility index (Phi) is 9.17. The van der Waals surface area contributed by atoms with E-state index in [1.54, 1.807) is 0 Å². The van der Waals surface area contributed by atoms with Crippen LogP contribution in [0.2, 0.25) is 0 Å². The summed E-state index contributed by atoms with van der Waals surface area (Å²) in [5.74, 6) is 0. The van der Waals surface area contributed by atoms with Crippen LogP contribution in [0.5, 0.6) is 0 Å². The van der Waals surface area contributed by atoms with Gasteiger partial charge in [0.2, 0.25) is 0 Å². The maximum atomic E-state index is 6.39. The molecule has 0 N–H and O–H groups in total. The number of rotatable bonds is 8. The molecule has 0 saturated heterocycles. The number of aromatic nitrogens is 1. The average molecular weight is 855 g/mol. The van der Waals surface area contributed by atoms with Crippen molar-refractivity contribution < 1.29 is 4.42 Å². The van der Waals surface area contributed by atoms with Crippen LogP contribution in [0.4, 0.5) is 17.1 Å². The summed E-state index contributed by atoms with van der Waals surface area (Å²) >= 11 is 0. The van der Waals surface area contributed by atoms with Crippen LogP contribution in [0.3, 0.4) is 0 Å². The summed E-state index contributed by atoms with van der Waals surface area (Å²) in [4.78, 5) is 2.39. The summed E-state index contributed by atoms with van der Waals surface area (Å²) in [6.07, 6.45) is 0. The molecule has 0 aliphatic carbocycles. The van der Waals surface area contributed by atoms with Crippen LogP contribution in [0.25, 0.3) is 105 Å².